The maximum absolute atomic E-state index is 12.7. The summed E-state index contributed by atoms with van der Waals surface area (Å²) in [5, 5.41) is 3.20. The number of fused-ring (bicyclic) bond motifs is 1. The van der Waals surface area contributed by atoms with Gasteiger partial charge in [-0.05, 0) is 35.7 Å². The Morgan fingerprint density at radius 1 is 0.897 bits per heavy atom. The van der Waals surface area contributed by atoms with Crippen LogP contribution in [0.1, 0.15) is 17.2 Å². The third-order valence-corrected chi connectivity index (χ3v) is 5.70. The van der Waals surface area contributed by atoms with E-state index in [9.17, 15) is 4.79 Å². The number of hydrogen-bond acceptors (Lipinski definition) is 4. The van der Waals surface area contributed by atoms with Crippen molar-refractivity contribution in [2.45, 2.75) is 17.4 Å². The average Bonchev–Trinajstić information content (AvgIpc) is 2.78. The zero-order chi connectivity index (χ0) is 19.9. The van der Waals surface area contributed by atoms with Gasteiger partial charge >= 0.3 is 0 Å². The first-order valence-corrected chi connectivity index (χ1v) is 10.7. The van der Waals surface area contributed by atoms with Crippen molar-refractivity contribution in [3.05, 3.63) is 90.0 Å². The molecule has 1 aliphatic rings. The van der Waals surface area contributed by atoms with Gasteiger partial charge in [0.1, 0.15) is 13.2 Å². The Morgan fingerprint density at radius 3 is 2.34 bits per heavy atom. The van der Waals surface area contributed by atoms with E-state index in [0.29, 0.717) is 19.0 Å². The van der Waals surface area contributed by atoms with E-state index in [2.05, 4.69) is 29.6 Å². The molecule has 4 nitrogen and oxygen atoms in total. The van der Waals surface area contributed by atoms with E-state index in [0.717, 1.165) is 28.4 Å². The maximum Gasteiger partial charge on any atom is 0.230 e. The van der Waals surface area contributed by atoms with Crippen molar-refractivity contribution in [2.75, 3.05) is 19.0 Å². The van der Waals surface area contributed by atoms with Crippen molar-refractivity contribution in [1.29, 1.82) is 0 Å². The van der Waals surface area contributed by atoms with Crippen LogP contribution in [0.5, 0.6) is 11.5 Å². The molecular formula is C24H23NO3S. The summed E-state index contributed by atoms with van der Waals surface area (Å²) in [5.74, 6) is 1.86. The Morgan fingerprint density at radius 2 is 1.59 bits per heavy atom. The van der Waals surface area contributed by atoms with Crippen LogP contribution in [-0.2, 0) is 11.2 Å². The molecule has 4 rings (SSSR count). The molecule has 29 heavy (non-hydrogen) atoms. The highest BCUT2D eigenvalue weighted by atomic mass is 32.2. The number of carbonyl (C=O) groups excluding carboxylic acids is 1. The predicted octanol–water partition coefficient (Wildman–Crippen LogP) is 4.65. The molecule has 0 saturated carbocycles. The van der Waals surface area contributed by atoms with Crippen LogP contribution in [0, 0.1) is 0 Å². The molecule has 1 heterocycles. The zero-order valence-electron chi connectivity index (χ0n) is 16.0. The lowest BCUT2D eigenvalue weighted by Gasteiger charge is -2.20. The molecule has 0 saturated heterocycles. The number of amides is 1. The number of nitrogens with one attached hydrogen (secondary N) is 1. The van der Waals surface area contributed by atoms with E-state index < -0.39 is 0 Å². The minimum absolute atomic E-state index is 0.00896. The molecule has 5 heteroatoms. The highest BCUT2D eigenvalue weighted by Crippen LogP contribution is 2.34. The molecule has 0 aromatic heterocycles. The number of thioether (sulfide) groups is 1. The van der Waals surface area contributed by atoms with E-state index in [1.165, 1.54) is 17.3 Å². The number of benzene rings is 3. The monoisotopic (exact) mass is 405 g/mol. The summed E-state index contributed by atoms with van der Waals surface area (Å²) in [4.78, 5) is 13.7. The summed E-state index contributed by atoms with van der Waals surface area (Å²) >= 11 is 1.50. The first-order chi connectivity index (χ1) is 14.3. The first kappa shape index (κ1) is 19.4. The SMILES string of the molecule is O=C(CSc1ccc2c(c1)OCCO2)N[C@@H](Cc1ccccc1)c1ccccc1. The third kappa shape index (κ3) is 5.33. The normalized spacial score (nSPS) is 13.5. The second kappa shape index (κ2) is 9.52. The van der Waals surface area contributed by atoms with Crippen LogP contribution in [0.2, 0.25) is 0 Å². The molecule has 0 unspecified atom stereocenters. The van der Waals surface area contributed by atoms with Gasteiger partial charge in [-0.15, -0.1) is 11.8 Å². The fourth-order valence-electron chi connectivity index (χ4n) is 3.29. The minimum Gasteiger partial charge on any atom is -0.486 e. The molecular weight excluding hydrogens is 382 g/mol. The van der Waals surface area contributed by atoms with E-state index in [4.69, 9.17) is 9.47 Å². The van der Waals surface area contributed by atoms with Gasteiger partial charge in [-0.25, -0.2) is 0 Å². The fourth-order valence-corrected chi connectivity index (χ4v) is 4.02. The molecule has 1 aliphatic heterocycles. The Kier molecular flexibility index (Phi) is 6.37. The van der Waals surface area contributed by atoms with Gasteiger partial charge < -0.3 is 14.8 Å². The molecule has 1 N–H and O–H groups in total. The summed E-state index contributed by atoms with van der Waals surface area (Å²) in [6.45, 7) is 1.13. The van der Waals surface area contributed by atoms with Gasteiger partial charge in [0.25, 0.3) is 0 Å². The van der Waals surface area contributed by atoms with Gasteiger partial charge in [0.15, 0.2) is 11.5 Å². The van der Waals surface area contributed by atoms with Crippen molar-refractivity contribution in [3.8, 4) is 11.5 Å². The molecule has 0 spiro atoms. The molecule has 0 bridgehead atoms. The number of carbonyl (C=O) groups is 1. The highest BCUT2D eigenvalue weighted by Gasteiger charge is 2.16. The second-order valence-corrected chi connectivity index (χ2v) is 7.86. The zero-order valence-corrected chi connectivity index (χ0v) is 16.9. The summed E-state index contributed by atoms with van der Waals surface area (Å²) in [6.07, 6.45) is 0.755. The molecule has 148 valence electrons. The molecule has 0 radical (unpaired) electrons. The predicted molar refractivity (Wildman–Crippen MR) is 116 cm³/mol. The van der Waals surface area contributed by atoms with Crippen LogP contribution in [0.15, 0.2) is 83.8 Å². The quantitative estimate of drug-likeness (QED) is 0.581. The first-order valence-electron chi connectivity index (χ1n) is 9.68. The van der Waals surface area contributed by atoms with Crippen molar-refractivity contribution in [2.24, 2.45) is 0 Å². The van der Waals surface area contributed by atoms with Gasteiger partial charge in [-0.2, -0.15) is 0 Å². The number of rotatable bonds is 7. The summed E-state index contributed by atoms with van der Waals surface area (Å²) < 4.78 is 11.2. The molecule has 0 fully saturated rings. The van der Waals surface area contributed by atoms with Crippen LogP contribution < -0.4 is 14.8 Å². The van der Waals surface area contributed by atoms with E-state index in [-0.39, 0.29) is 11.9 Å². The lowest BCUT2D eigenvalue weighted by Crippen LogP contribution is -2.31. The van der Waals surface area contributed by atoms with Crippen LogP contribution in [-0.4, -0.2) is 24.9 Å². The van der Waals surface area contributed by atoms with Crippen LogP contribution in [0.4, 0.5) is 0 Å². The lowest BCUT2D eigenvalue weighted by molar-refractivity contribution is -0.119. The van der Waals surface area contributed by atoms with Gasteiger partial charge in [-0.1, -0.05) is 60.7 Å². The second-order valence-electron chi connectivity index (χ2n) is 6.81. The van der Waals surface area contributed by atoms with Crippen molar-refractivity contribution in [3.63, 3.8) is 0 Å². The van der Waals surface area contributed by atoms with E-state index in [1.54, 1.807) is 0 Å². The van der Waals surface area contributed by atoms with Gasteiger partial charge in [0.2, 0.25) is 5.91 Å². The lowest BCUT2D eigenvalue weighted by atomic mass is 9.99. The third-order valence-electron chi connectivity index (χ3n) is 4.70. The Balaban J connectivity index is 1.40. The molecule has 3 aromatic rings. The van der Waals surface area contributed by atoms with Crippen LogP contribution in [0.3, 0.4) is 0 Å². The summed E-state index contributed by atoms with van der Waals surface area (Å²) in [5.41, 5.74) is 2.30. The number of ether oxygens (including phenoxy) is 2. The standard InChI is InChI=1S/C24H23NO3S/c26-24(17-29-20-11-12-22-23(16-20)28-14-13-27-22)25-21(19-9-5-2-6-10-19)15-18-7-3-1-4-8-18/h1-12,16,21H,13-15,17H2,(H,25,26)/t21-/m0/s1. The fraction of sp³-hybridized carbons (Fsp3) is 0.208. The summed E-state index contributed by atoms with van der Waals surface area (Å²) in [7, 11) is 0. The van der Waals surface area contributed by atoms with Crippen LogP contribution in [0.25, 0.3) is 0 Å². The van der Waals surface area contributed by atoms with Gasteiger partial charge in [0.05, 0.1) is 11.8 Å². The average molecular weight is 406 g/mol. The molecule has 0 aliphatic carbocycles. The maximum atomic E-state index is 12.7. The summed E-state index contributed by atoms with van der Waals surface area (Å²) in [6, 6.07) is 26.1. The Labute approximate surface area is 175 Å². The smallest absolute Gasteiger partial charge is 0.230 e. The Hall–Kier alpha value is -2.92. The largest absolute Gasteiger partial charge is 0.486 e. The molecule has 1 amide bonds. The molecule has 1 atom stereocenters. The van der Waals surface area contributed by atoms with Crippen molar-refractivity contribution in [1.82, 2.24) is 5.32 Å². The van der Waals surface area contributed by atoms with Crippen LogP contribution >= 0.6 is 11.8 Å². The molecule has 3 aromatic carbocycles. The van der Waals surface area contributed by atoms with E-state index in [1.807, 2.05) is 54.6 Å². The van der Waals surface area contributed by atoms with Gasteiger partial charge in [-0.3, -0.25) is 4.79 Å². The highest BCUT2D eigenvalue weighted by molar-refractivity contribution is 8.00. The Bertz CT molecular complexity index is 947. The topological polar surface area (TPSA) is 47.6 Å². The minimum atomic E-state index is -0.0630. The van der Waals surface area contributed by atoms with Crippen molar-refractivity contribution >= 4 is 17.7 Å². The number of hydrogen-bond donors (Lipinski definition) is 1. The van der Waals surface area contributed by atoms with Crippen molar-refractivity contribution < 1.29 is 14.3 Å². The van der Waals surface area contributed by atoms with Gasteiger partial charge in [0, 0.05) is 4.90 Å². The van der Waals surface area contributed by atoms with E-state index >= 15 is 0 Å².